The number of carbonyl (C=O) groups is 1. The van der Waals surface area contributed by atoms with Crippen LogP contribution >= 0.6 is 0 Å². The van der Waals surface area contributed by atoms with Crippen molar-refractivity contribution in [2.45, 2.75) is 38.8 Å². The highest BCUT2D eigenvalue weighted by molar-refractivity contribution is 5.81. The molecule has 1 atom stereocenters. The first-order valence-electron chi connectivity index (χ1n) is 7.57. The van der Waals surface area contributed by atoms with Crippen LogP contribution in [-0.2, 0) is 9.53 Å². The van der Waals surface area contributed by atoms with E-state index in [1.807, 2.05) is 18.7 Å². The fraction of sp³-hybridized carbons (Fsp3) is 0.929. The minimum Gasteiger partial charge on any atom is -0.378 e. The Kier molecular flexibility index (Phi) is 5.60. The average molecular weight is 269 g/mol. The van der Waals surface area contributed by atoms with Crippen molar-refractivity contribution in [2.24, 2.45) is 0 Å². The van der Waals surface area contributed by atoms with Gasteiger partial charge in [-0.15, -0.1) is 0 Å². The van der Waals surface area contributed by atoms with E-state index in [4.69, 9.17) is 4.74 Å². The molecule has 2 aliphatic heterocycles. The molecule has 2 heterocycles. The van der Waals surface area contributed by atoms with Crippen molar-refractivity contribution in [3.8, 4) is 0 Å². The fourth-order valence-electron chi connectivity index (χ4n) is 2.97. The lowest BCUT2D eigenvalue weighted by Crippen LogP contribution is -2.54. The number of hydrogen-bond acceptors (Lipinski definition) is 4. The van der Waals surface area contributed by atoms with Gasteiger partial charge in [0.1, 0.15) is 0 Å². The van der Waals surface area contributed by atoms with Crippen LogP contribution in [0.4, 0.5) is 0 Å². The minimum atomic E-state index is 0.0145. The molecule has 1 N–H and O–H groups in total. The fourth-order valence-corrected chi connectivity index (χ4v) is 2.97. The summed E-state index contributed by atoms with van der Waals surface area (Å²) >= 11 is 0. The van der Waals surface area contributed by atoms with Gasteiger partial charge in [-0.05, 0) is 26.7 Å². The molecular weight excluding hydrogens is 242 g/mol. The maximum Gasteiger partial charge on any atom is 0.239 e. The van der Waals surface area contributed by atoms with Gasteiger partial charge in [-0.1, -0.05) is 0 Å². The molecule has 2 rings (SSSR count). The van der Waals surface area contributed by atoms with E-state index < -0.39 is 0 Å². The number of ether oxygens (including phenoxy) is 1. The molecule has 110 valence electrons. The predicted molar refractivity (Wildman–Crippen MR) is 75.1 cm³/mol. The molecule has 2 fully saturated rings. The van der Waals surface area contributed by atoms with Gasteiger partial charge in [-0.2, -0.15) is 0 Å². The van der Waals surface area contributed by atoms with E-state index in [-0.39, 0.29) is 11.9 Å². The van der Waals surface area contributed by atoms with Gasteiger partial charge in [0.15, 0.2) is 0 Å². The molecule has 0 saturated carbocycles. The van der Waals surface area contributed by atoms with Gasteiger partial charge >= 0.3 is 0 Å². The normalized spacial score (nSPS) is 24.4. The summed E-state index contributed by atoms with van der Waals surface area (Å²) in [5.41, 5.74) is 0. The van der Waals surface area contributed by atoms with Crippen LogP contribution in [0.3, 0.4) is 0 Å². The highest BCUT2D eigenvalue weighted by Crippen LogP contribution is 2.17. The molecule has 1 unspecified atom stereocenters. The van der Waals surface area contributed by atoms with Crippen LogP contribution in [-0.4, -0.2) is 73.7 Å². The second-order valence-corrected chi connectivity index (χ2v) is 5.44. The lowest BCUT2D eigenvalue weighted by molar-refractivity contribution is -0.138. The number of piperazine rings is 1. The van der Waals surface area contributed by atoms with Gasteiger partial charge < -0.3 is 15.0 Å². The summed E-state index contributed by atoms with van der Waals surface area (Å²) in [6.45, 7) is 10.4. The molecule has 0 bridgehead atoms. The maximum atomic E-state index is 12.4. The number of piperidine rings is 1. The Labute approximate surface area is 116 Å². The molecule has 0 radical (unpaired) electrons. The Morgan fingerprint density at radius 1 is 1.26 bits per heavy atom. The smallest absolute Gasteiger partial charge is 0.239 e. The van der Waals surface area contributed by atoms with Crippen LogP contribution in [0.1, 0.15) is 26.7 Å². The summed E-state index contributed by atoms with van der Waals surface area (Å²) in [5.74, 6) is 0.288. The molecule has 0 aromatic heterocycles. The highest BCUT2D eigenvalue weighted by Gasteiger charge is 2.29. The first-order chi connectivity index (χ1) is 9.22. The van der Waals surface area contributed by atoms with Gasteiger partial charge in [-0.25, -0.2) is 0 Å². The summed E-state index contributed by atoms with van der Waals surface area (Å²) in [6.07, 6.45) is 2.49. The van der Waals surface area contributed by atoms with E-state index in [0.29, 0.717) is 6.10 Å². The first-order valence-corrected chi connectivity index (χ1v) is 7.57. The summed E-state index contributed by atoms with van der Waals surface area (Å²) in [6, 6.07) is 0.0145. The third-order valence-corrected chi connectivity index (χ3v) is 4.21. The Bertz CT molecular complexity index is 284. The van der Waals surface area contributed by atoms with E-state index in [2.05, 4.69) is 10.2 Å². The Morgan fingerprint density at radius 2 is 1.89 bits per heavy atom. The zero-order valence-electron chi connectivity index (χ0n) is 12.2. The largest absolute Gasteiger partial charge is 0.378 e. The number of hydrogen-bond donors (Lipinski definition) is 1. The lowest BCUT2D eigenvalue weighted by atomic mass is 10.1. The van der Waals surface area contributed by atoms with E-state index in [0.717, 1.165) is 58.7 Å². The van der Waals surface area contributed by atoms with Gasteiger partial charge in [0.2, 0.25) is 5.91 Å². The molecular formula is C14H27N3O2. The highest BCUT2D eigenvalue weighted by atomic mass is 16.5. The predicted octanol–water partition coefficient (Wildman–Crippen LogP) is 0.308. The van der Waals surface area contributed by atoms with Crippen LogP contribution < -0.4 is 5.32 Å². The number of nitrogens with one attached hydrogen (secondary N) is 1. The molecule has 0 spiro atoms. The average Bonchev–Trinajstić information content (AvgIpc) is 2.48. The summed E-state index contributed by atoms with van der Waals surface area (Å²) in [7, 11) is 0. The Hall–Kier alpha value is -0.650. The van der Waals surface area contributed by atoms with Gasteiger partial charge in [0.25, 0.3) is 0 Å². The number of likely N-dealkylation sites (tertiary alicyclic amines) is 1. The van der Waals surface area contributed by atoms with Crippen LogP contribution in [0, 0.1) is 0 Å². The van der Waals surface area contributed by atoms with Crippen LogP contribution in [0.5, 0.6) is 0 Å². The zero-order valence-corrected chi connectivity index (χ0v) is 12.2. The van der Waals surface area contributed by atoms with Gasteiger partial charge in [0, 0.05) is 45.9 Å². The van der Waals surface area contributed by atoms with Crippen LogP contribution in [0.25, 0.3) is 0 Å². The minimum absolute atomic E-state index is 0.0145. The van der Waals surface area contributed by atoms with Crippen molar-refractivity contribution >= 4 is 5.91 Å². The zero-order chi connectivity index (χ0) is 13.7. The number of amides is 1. The van der Waals surface area contributed by atoms with E-state index in [1.165, 1.54) is 0 Å². The second-order valence-electron chi connectivity index (χ2n) is 5.44. The molecule has 1 amide bonds. The number of rotatable bonds is 4. The molecule has 2 saturated heterocycles. The van der Waals surface area contributed by atoms with Crippen molar-refractivity contribution in [1.29, 1.82) is 0 Å². The van der Waals surface area contributed by atoms with Crippen LogP contribution in [0.2, 0.25) is 0 Å². The quantitative estimate of drug-likeness (QED) is 0.798. The van der Waals surface area contributed by atoms with Crippen LogP contribution in [0.15, 0.2) is 0 Å². The van der Waals surface area contributed by atoms with Crippen molar-refractivity contribution in [3.63, 3.8) is 0 Å². The summed E-state index contributed by atoms with van der Waals surface area (Å²) < 4.78 is 5.66. The molecule has 0 aliphatic carbocycles. The SMILES string of the molecule is CCOC1CCN(C(C)C(=O)N2CCNCC2)CC1. The van der Waals surface area contributed by atoms with E-state index in [1.54, 1.807) is 0 Å². The van der Waals surface area contributed by atoms with Gasteiger partial charge in [-0.3, -0.25) is 9.69 Å². The monoisotopic (exact) mass is 269 g/mol. The van der Waals surface area contributed by atoms with Crippen molar-refractivity contribution < 1.29 is 9.53 Å². The molecule has 0 aromatic rings. The Morgan fingerprint density at radius 3 is 2.47 bits per heavy atom. The van der Waals surface area contributed by atoms with Crippen molar-refractivity contribution in [3.05, 3.63) is 0 Å². The standard InChI is InChI=1S/C14H27N3O2/c1-3-19-13-4-8-16(9-5-13)12(2)14(18)17-10-6-15-7-11-17/h12-13,15H,3-11H2,1-2H3. The Balaban J connectivity index is 1.79. The summed E-state index contributed by atoms with van der Waals surface area (Å²) in [5, 5.41) is 3.28. The maximum absolute atomic E-state index is 12.4. The lowest BCUT2D eigenvalue weighted by Gasteiger charge is -2.38. The van der Waals surface area contributed by atoms with Gasteiger partial charge in [0.05, 0.1) is 12.1 Å². The molecule has 19 heavy (non-hydrogen) atoms. The third kappa shape index (κ3) is 3.91. The molecule has 5 heteroatoms. The molecule has 2 aliphatic rings. The number of carbonyl (C=O) groups excluding carboxylic acids is 1. The molecule has 0 aromatic carbocycles. The molecule has 5 nitrogen and oxygen atoms in total. The topological polar surface area (TPSA) is 44.8 Å². The van der Waals surface area contributed by atoms with Crippen molar-refractivity contribution in [1.82, 2.24) is 15.1 Å². The number of nitrogens with zero attached hydrogens (tertiary/aromatic N) is 2. The van der Waals surface area contributed by atoms with E-state index >= 15 is 0 Å². The third-order valence-electron chi connectivity index (χ3n) is 4.21. The second kappa shape index (κ2) is 7.22. The van der Waals surface area contributed by atoms with E-state index in [9.17, 15) is 4.79 Å². The van der Waals surface area contributed by atoms with Crippen molar-refractivity contribution in [2.75, 3.05) is 45.9 Å². The summed E-state index contributed by atoms with van der Waals surface area (Å²) in [4.78, 5) is 16.7. The first kappa shape index (κ1) is 14.8.